The average Bonchev–Trinajstić information content (AvgIpc) is 2.87. The maximum atomic E-state index is 11.6. The van der Waals surface area contributed by atoms with Crippen LogP contribution >= 0.6 is 0 Å². The van der Waals surface area contributed by atoms with Gasteiger partial charge in [-0.1, -0.05) is 0 Å². The highest BCUT2D eigenvalue weighted by Gasteiger charge is 2.24. The van der Waals surface area contributed by atoms with Gasteiger partial charge >= 0.3 is 0 Å². The van der Waals surface area contributed by atoms with Crippen molar-refractivity contribution < 1.29 is 4.79 Å². The number of amides is 1. The fraction of sp³-hybridized carbons (Fsp3) is 0.400. The Morgan fingerprint density at radius 2 is 2.36 bits per heavy atom. The largest absolute Gasteiger partial charge is 0.398 e. The van der Waals surface area contributed by atoms with Crippen molar-refractivity contribution in [2.75, 3.05) is 5.73 Å². The van der Waals surface area contributed by atoms with E-state index < -0.39 is 0 Å². The molecule has 1 saturated carbocycles. The quantitative estimate of drug-likeness (QED) is 0.728. The number of nitrogen functional groups attached to an aromatic ring is 1. The van der Waals surface area contributed by atoms with Gasteiger partial charge in [0.2, 0.25) is 0 Å². The van der Waals surface area contributed by atoms with E-state index in [2.05, 4.69) is 10.3 Å². The van der Waals surface area contributed by atoms with Crippen LogP contribution < -0.4 is 11.1 Å². The molecule has 1 aromatic rings. The molecule has 0 aromatic carbocycles. The lowest BCUT2D eigenvalue weighted by molar-refractivity contribution is 0.0951. The van der Waals surface area contributed by atoms with Crippen molar-refractivity contribution in [1.29, 1.82) is 0 Å². The SMILES string of the molecule is Cc1cc(N)c(C(=O)NC2CC2)cn1. The number of rotatable bonds is 2. The molecule has 4 heteroatoms. The number of anilines is 1. The molecule has 1 aliphatic carbocycles. The van der Waals surface area contributed by atoms with Crippen molar-refractivity contribution in [3.8, 4) is 0 Å². The molecule has 2 rings (SSSR count). The number of hydrogen-bond donors (Lipinski definition) is 2. The molecular weight excluding hydrogens is 178 g/mol. The first-order valence-electron chi connectivity index (χ1n) is 4.70. The maximum Gasteiger partial charge on any atom is 0.255 e. The van der Waals surface area contributed by atoms with Crippen LogP contribution in [-0.2, 0) is 0 Å². The zero-order valence-electron chi connectivity index (χ0n) is 8.08. The number of carbonyl (C=O) groups excluding carboxylic acids is 1. The molecule has 0 atom stereocenters. The van der Waals surface area contributed by atoms with Crippen LogP contribution in [0.15, 0.2) is 12.3 Å². The van der Waals surface area contributed by atoms with Crippen LogP contribution in [0.5, 0.6) is 0 Å². The molecule has 1 fully saturated rings. The molecule has 0 unspecified atom stereocenters. The van der Waals surface area contributed by atoms with Gasteiger partial charge in [-0.15, -0.1) is 0 Å². The molecule has 1 aliphatic rings. The summed E-state index contributed by atoms with van der Waals surface area (Å²) in [6.45, 7) is 1.85. The summed E-state index contributed by atoms with van der Waals surface area (Å²) in [5, 5.41) is 2.87. The minimum absolute atomic E-state index is 0.113. The second-order valence-corrected chi connectivity index (χ2v) is 3.66. The number of nitrogens with zero attached hydrogens (tertiary/aromatic N) is 1. The molecule has 4 nitrogen and oxygen atoms in total. The van der Waals surface area contributed by atoms with Gasteiger partial charge in [-0.05, 0) is 25.8 Å². The highest BCUT2D eigenvalue weighted by molar-refractivity contribution is 5.99. The summed E-state index contributed by atoms with van der Waals surface area (Å²) in [6.07, 6.45) is 3.68. The molecule has 74 valence electrons. The van der Waals surface area contributed by atoms with Gasteiger partial charge in [0.05, 0.1) is 5.56 Å². The first-order valence-corrected chi connectivity index (χ1v) is 4.70. The number of aromatic nitrogens is 1. The third kappa shape index (κ3) is 1.84. The van der Waals surface area contributed by atoms with E-state index in [1.807, 2.05) is 6.92 Å². The van der Waals surface area contributed by atoms with Gasteiger partial charge in [0.1, 0.15) is 0 Å². The summed E-state index contributed by atoms with van der Waals surface area (Å²) in [7, 11) is 0. The van der Waals surface area contributed by atoms with E-state index in [0.29, 0.717) is 17.3 Å². The Morgan fingerprint density at radius 3 is 2.93 bits per heavy atom. The normalized spacial score (nSPS) is 15.2. The zero-order chi connectivity index (χ0) is 10.1. The number of nitrogens with one attached hydrogen (secondary N) is 1. The summed E-state index contributed by atoms with van der Waals surface area (Å²) >= 11 is 0. The van der Waals surface area contributed by atoms with E-state index in [9.17, 15) is 4.79 Å². The van der Waals surface area contributed by atoms with Crippen LogP contribution in [0.3, 0.4) is 0 Å². The maximum absolute atomic E-state index is 11.6. The number of carbonyl (C=O) groups is 1. The van der Waals surface area contributed by atoms with Gasteiger partial charge < -0.3 is 11.1 Å². The Kier molecular flexibility index (Phi) is 2.11. The van der Waals surface area contributed by atoms with Crippen molar-refractivity contribution in [3.63, 3.8) is 0 Å². The van der Waals surface area contributed by atoms with Crippen LogP contribution in [0.25, 0.3) is 0 Å². The van der Waals surface area contributed by atoms with Crippen molar-refractivity contribution in [1.82, 2.24) is 10.3 Å². The first kappa shape index (κ1) is 8.99. The minimum atomic E-state index is -0.113. The Labute approximate surface area is 82.5 Å². The van der Waals surface area contributed by atoms with Gasteiger partial charge in [0.25, 0.3) is 5.91 Å². The van der Waals surface area contributed by atoms with Gasteiger partial charge in [-0.25, -0.2) is 0 Å². The monoisotopic (exact) mass is 191 g/mol. The molecule has 0 radical (unpaired) electrons. The first-order chi connectivity index (χ1) is 6.66. The Morgan fingerprint density at radius 1 is 1.64 bits per heavy atom. The average molecular weight is 191 g/mol. The highest BCUT2D eigenvalue weighted by Crippen LogP contribution is 2.20. The van der Waals surface area contributed by atoms with Crippen molar-refractivity contribution >= 4 is 11.6 Å². The molecule has 14 heavy (non-hydrogen) atoms. The predicted molar refractivity (Wildman–Crippen MR) is 53.9 cm³/mol. The second-order valence-electron chi connectivity index (χ2n) is 3.66. The summed E-state index contributed by atoms with van der Waals surface area (Å²) in [5.41, 5.74) is 7.51. The Balaban J connectivity index is 2.17. The molecule has 0 spiro atoms. The summed E-state index contributed by atoms with van der Waals surface area (Å²) in [4.78, 5) is 15.6. The van der Waals surface area contributed by atoms with E-state index in [0.717, 1.165) is 18.5 Å². The standard InChI is InChI=1S/C10H13N3O/c1-6-4-9(11)8(5-12-6)10(14)13-7-2-3-7/h4-5,7H,2-3H2,1H3,(H2,11,12)(H,13,14). The van der Waals surface area contributed by atoms with Crippen LogP contribution in [0.4, 0.5) is 5.69 Å². The van der Waals surface area contributed by atoms with Crippen molar-refractivity contribution in [2.45, 2.75) is 25.8 Å². The number of aryl methyl sites for hydroxylation is 1. The third-order valence-electron chi connectivity index (χ3n) is 2.23. The summed E-state index contributed by atoms with van der Waals surface area (Å²) in [5.74, 6) is -0.113. The molecule has 3 N–H and O–H groups in total. The van der Waals surface area contributed by atoms with E-state index in [1.54, 1.807) is 6.07 Å². The summed E-state index contributed by atoms with van der Waals surface area (Å²) < 4.78 is 0. The second kappa shape index (κ2) is 3.29. The molecule has 1 heterocycles. The van der Waals surface area contributed by atoms with E-state index in [-0.39, 0.29) is 5.91 Å². The lowest BCUT2D eigenvalue weighted by atomic mass is 10.2. The minimum Gasteiger partial charge on any atom is -0.398 e. The molecule has 0 aliphatic heterocycles. The molecular formula is C10H13N3O. The highest BCUT2D eigenvalue weighted by atomic mass is 16.1. The van der Waals surface area contributed by atoms with Gasteiger partial charge in [-0.3, -0.25) is 9.78 Å². The topological polar surface area (TPSA) is 68.0 Å². The van der Waals surface area contributed by atoms with Gasteiger partial charge in [0, 0.05) is 23.6 Å². The van der Waals surface area contributed by atoms with Gasteiger partial charge in [-0.2, -0.15) is 0 Å². The summed E-state index contributed by atoms with van der Waals surface area (Å²) in [6, 6.07) is 2.06. The fourth-order valence-electron chi connectivity index (χ4n) is 1.26. The number of nitrogens with two attached hydrogens (primary N) is 1. The van der Waals surface area contributed by atoms with Crippen LogP contribution in [0.1, 0.15) is 28.9 Å². The zero-order valence-corrected chi connectivity index (χ0v) is 8.08. The Hall–Kier alpha value is -1.58. The van der Waals surface area contributed by atoms with E-state index in [4.69, 9.17) is 5.73 Å². The van der Waals surface area contributed by atoms with E-state index >= 15 is 0 Å². The fourth-order valence-corrected chi connectivity index (χ4v) is 1.26. The van der Waals surface area contributed by atoms with Crippen molar-refractivity contribution in [2.24, 2.45) is 0 Å². The molecule has 1 aromatic heterocycles. The van der Waals surface area contributed by atoms with Crippen LogP contribution in [-0.4, -0.2) is 16.9 Å². The number of pyridine rings is 1. The third-order valence-corrected chi connectivity index (χ3v) is 2.23. The Bertz CT molecular complexity index is 372. The predicted octanol–water partition coefficient (Wildman–Crippen LogP) is 0.864. The van der Waals surface area contributed by atoms with Crippen LogP contribution in [0.2, 0.25) is 0 Å². The molecule has 0 saturated heterocycles. The molecule has 0 bridgehead atoms. The smallest absolute Gasteiger partial charge is 0.255 e. The lowest BCUT2D eigenvalue weighted by Crippen LogP contribution is -2.26. The van der Waals surface area contributed by atoms with E-state index in [1.165, 1.54) is 6.20 Å². The van der Waals surface area contributed by atoms with Crippen molar-refractivity contribution in [3.05, 3.63) is 23.5 Å². The molecule has 1 amide bonds. The lowest BCUT2D eigenvalue weighted by Gasteiger charge is -2.06. The van der Waals surface area contributed by atoms with Gasteiger partial charge in [0.15, 0.2) is 0 Å². The van der Waals surface area contributed by atoms with Crippen LogP contribution in [0, 0.1) is 6.92 Å². The number of hydrogen-bond acceptors (Lipinski definition) is 3.